The van der Waals surface area contributed by atoms with Crippen molar-refractivity contribution in [2.75, 3.05) is 5.32 Å². The molecule has 0 bridgehead atoms. The predicted octanol–water partition coefficient (Wildman–Crippen LogP) is 3.63. The van der Waals surface area contributed by atoms with E-state index in [-0.39, 0.29) is 11.9 Å². The van der Waals surface area contributed by atoms with Crippen molar-refractivity contribution in [3.63, 3.8) is 0 Å². The van der Waals surface area contributed by atoms with E-state index in [9.17, 15) is 4.39 Å². The normalized spacial score (nSPS) is 16.4. The minimum Gasteiger partial charge on any atom is -0.323 e. The van der Waals surface area contributed by atoms with Crippen molar-refractivity contribution in [3.8, 4) is 0 Å². The number of tetrazole rings is 1. The summed E-state index contributed by atoms with van der Waals surface area (Å²) < 4.78 is 15.9. The van der Waals surface area contributed by atoms with Crippen LogP contribution in [0.25, 0.3) is 5.70 Å². The van der Waals surface area contributed by atoms with Crippen molar-refractivity contribution in [2.24, 2.45) is 0 Å². The van der Waals surface area contributed by atoms with E-state index < -0.39 is 0 Å². The molecule has 2 aromatic carbocycles. The highest BCUT2D eigenvalue weighted by Gasteiger charge is 2.24. The van der Waals surface area contributed by atoms with Crippen LogP contribution in [0.1, 0.15) is 17.2 Å². The van der Waals surface area contributed by atoms with Crippen molar-refractivity contribution in [3.05, 3.63) is 76.0 Å². The van der Waals surface area contributed by atoms with Gasteiger partial charge in [-0.05, 0) is 64.0 Å². The maximum Gasteiger partial charge on any atom is 0.248 e. The number of fused-ring (bicyclic) bond motifs is 1. The smallest absolute Gasteiger partial charge is 0.248 e. The van der Waals surface area contributed by atoms with Crippen LogP contribution in [-0.4, -0.2) is 20.2 Å². The molecule has 5 nitrogen and oxygen atoms in total. The second-order valence-electron chi connectivity index (χ2n) is 5.16. The molecule has 0 saturated carbocycles. The average Bonchev–Trinajstić information content (AvgIpc) is 3.04. The Morgan fingerprint density at radius 1 is 1.04 bits per heavy atom. The highest BCUT2D eigenvalue weighted by Crippen LogP contribution is 2.31. The zero-order valence-corrected chi connectivity index (χ0v) is 13.4. The van der Waals surface area contributed by atoms with E-state index >= 15 is 0 Å². The standard InChI is InChI=1S/C16H11BrFN5/c17-12-5-1-11(2-6-12)15-9-14(10-3-7-13(18)8-4-10)19-16-20-21-22-23(15)16/h1-9,15H,(H,19,20,22)/t15-/m1/s1. The highest BCUT2D eigenvalue weighted by molar-refractivity contribution is 9.10. The Morgan fingerprint density at radius 2 is 1.78 bits per heavy atom. The molecule has 7 heteroatoms. The summed E-state index contributed by atoms with van der Waals surface area (Å²) in [6.07, 6.45) is 2.03. The van der Waals surface area contributed by atoms with Crippen molar-refractivity contribution in [1.82, 2.24) is 20.2 Å². The molecule has 0 fully saturated rings. The lowest BCUT2D eigenvalue weighted by atomic mass is 10.0. The van der Waals surface area contributed by atoms with Crippen LogP contribution in [0, 0.1) is 5.82 Å². The molecule has 0 unspecified atom stereocenters. The number of nitrogens with zero attached hydrogens (tertiary/aromatic N) is 4. The van der Waals surface area contributed by atoms with E-state index in [0.29, 0.717) is 5.95 Å². The van der Waals surface area contributed by atoms with Crippen LogP contribution in [-0.2, 0) is 0 Å². The molecule has 1 aliphatic rings. The van der Waals surface area contributed by atoms with Crippen molar-refractivity contribution in [1.29, 1.82) is 0 Å². The third-order valence-corrected chi connectivity index (χ3v) is 4.22. The monoisotopic (exact) mass is 371 g/mol. The first-order valence-electron chi connectivity index (χ1n) is 6.99. The molecule has 23 heavy (non-hydrogen) atoms. The maximum atomic E-state index is 13.1. The second kappa shape index (κ2) is 5.58. The highest BCUT2D eigenvalue weighted by atomic mass is 79.9. The fourth-order valence-corrected chi connectivity index (χ4v) is 2.81. The van der Waals surface area contributed by atoms with Crippen molar-refractivity contribution < 1.29 is 4.39 Å². The van der Waals surface area contributed by atoms with Crippen LogP contribution in [0.5, 0.6) is 0 Å². The number of hydrogen-bond acceptors (Lipinski definition) is 4. The average molecular weight is 372 g/mol. The first kappa shape index (κ1) is 14.1. The third-order valence-electron chi connectivity index (χ3n) is 3.69. The molecule has 1 atom stereocenters. The molecular formula is C16H11BrFN5. The molecule has 0 saturated heterocycles. The Kier molecular flexibility index (Phi) is 3.42. The minimum atomic E-state index is -0.264. The van der Waals surface area contributed by atoms with Gasteiger partial charge in [-0.1, -0.05) is 33.2 Å². The van der Waals surface area contributed by atoms with Gasteiger partial charge in [0.05, 0.1) is 0 Å². The third kappa shape index (κ3) is 2.63. The fraction of sp³-hybridized carbons (Fsp3) is 0.0625. The van der Waals surface area contributed by atoms with Crippen LogP contribution in [0.3, 0.4) is 0 Å². The van der Waals surface area contributed by atoms with Crippen LogP contribution in [0.2, 0.25) is 0 Å². The molecule has 0 radical (unpaired) electrons. The van der Waals surface area contributed by atoms with Gasteiger partial charge >= 0.3 is 0 Å². The van der Waals surface area contributed by atoms with Crippen LogP contribution >= 0.6 is 15.9 Å². The van der Waals surface area contributed by atoms with E-state index in [1.807, 2.05) is 30.3 Å². The summed E-state index contributed by atoms with van der Waals surface area (Å²) in [6.45, 7) is 0. The molecule has 0 spiro atoms. The first-order valence-corrected chi connectivity index (χ1v) is 7.78. The molecule has 2 heterocycles. The summed E-state index contributed by atoms with van der Waals surface area (Å²) in [6, 6.07) is 14.2. The lowest BCUT2D eigenvalue weighted by Gasteiger charge is -2.23. The van der Waals surface area contributed by atoms with Gasteiger partial charge in [0.2, 0.25) is 5.95 Å². The Morgan fingerprint density at radius 3 is 2.52 bits per heavy atom. The quantitative estimate of drug-likeness (QED) is 0.747. The molecule has 1 N–H and O–H groups in total. The molecule has 1 aliphatic heterocycles. The SMILES string of the molecule is Fc1ccc(C2=C[C@H](c3ccc(Br)cc3)n3nnnc3N2)cc1. The molecule has 0 amide bonds. The van der Waals surface area contributed by atoms with E-state index in [4.69, 9.17) is 0 Å². The zero-order valence-electron chi connectivity index (χ0n) is 11.8. The summed E-state index contributed by atoms with van der Waals surface area (Å²) in [5.41, 5.74) is 2.78. The topological polar surface area (TPSA) is 55.6 Å². The van der Waals surface area contributed by atoms with Crippen LogP contribution in [0.4, 0.5) is 10.3 Å². The number of allylic oxidation sites excluding steroid dienone is 1. The first-order chi connectivity index (χ1) is 11.2. The van der Waals surface area contributed by atoms with E-state index in [0.717, 1.165) is 21.3 Å². The van der Waals surface area contributed by atoms with Crippen LogP contribution in [0.15, 0.2) is 59.1 Å². The number of nitrogens with one attached hydrogen (secondary N) is 1. The van der Waals surface area contributed by atoms with Crippen molar-refractivity contribution in [2.45, 2.75) is 6.04 Å². The van der Waals surface area contributed by atoms with Gasteiger partial charge in [0.1, 0.15) is 11.9 Å². The summed E-state index contributed by atoms with van der Waals surface area (Å²) in [5.74, 6) is 0.291. The van der Waals surface area contributed by atoms with Crippen molar-refractivity contribution >= 4 is 27.6 Å². The minimum absolute atomic E-state index is 0.130. The maximum absolute atomic E-state index is 13.1. The summed E-state index contributed by atoms with van der Waals surface area (Å²) in [4.78, 5) is 0. The number of aromatic nitrogens is 4. The Bertz CT molecular complexity index is 870. The van der Waals surface area contributed by atoms with E-state index in [1.54, 1.807) is 16.8 Å². The molecule has 0 aliphatic carbocycles. The summed E-state index contributed by atoms with van der Waals surface area (Å²) >= 11 is 3.44. The van der Waals surface area contributed by atoms with E-state index in [2.05, 4.69) is 36.8 Å². The van der Waals surface area contributed by atoms with Gasteiger partial charge in [-0.3, -0.25) is 0 Å². The molecule has 4 rings (SSSR count). The summed E-state index contributed by atoms with van der Waals surface area (Å²) in [7, 11) is 0. The molecule has 114 valence electrons. The lowest BCUT2D eigenvalue weighted by molar-refractivity contribution is 0.585. The number of anilines is 1. The number of hydrogen-bond donors (Lipinski definition) is 1. The van der Waals surface area contributed by atoms with Gasteiger partial charge < -0.3 is 5.32 Å². The summed E-state index contributed by atoms with van der Waals surface area (Å²) in [5, 5.41) is 15.0. The molecular weight excluding hydrogens is 361 g/mol. The van der Waals surface area contributed by atoms with Gasteiger partial charge in [-0.2, -0.15) is 4.68 Å². The molecule has 1 aromatic heterocycles. The Hall–Kier alpha value is -2.54. The van der Waals surface area contributed by atoms with Gasteiger partial charge in [0, 0.05) is 10.2 Å². The fourth-order valence-electron chi connectivity index (χ4n) is 2.55. The predicted molar refractivity (Wildman–Crippen MR) is 88.1 cm³/mol. The Balaban J connectivity index is 1.79. The largest absolute Gasteiger partial charge is 0.323 e. The molecule has 3 aromatic rings. The van der Waals surface area contributed by atoms with Gasteiger partial charge in [0.25, 0.3) is 0 Å². The lowest BCUT2D eigenvalue weighted by Crippen LogP contribution is -2.20. The second-order valence-corrected chi connectivity index (χ2v) is 6.07. The van der Waals surface area contributed by atoms with Crippen LogP contribution < -0.4 is 5.32 Å². The van der Waals surface area contributed by atoms with Gasteiger partial charge in [-0.25, -0.2) is 4.39 Å². The number of halogens is 2. The van der Waals surface area contributed by atoms with Gasteiger partial charge in [-0.15, -0.1) is 0 Å². The zero-order chi connectivity index (χ0) is 15.8. The van der Waals surface area contributed by atoms with E-state index in [1.165, 1.54) is 12.1 Å². The number of rotatable bonds is 2. The Labute approximate surface area is 140 Å². The van der Waals surface area contributed by atoms with Gasteiger partial charge in [0.15, 0.2) is 0 Å². The number of benzene rings is 2.